The van der Waals surface area contributed by atoms with E-state index in [1.165, 1.54) is 0 Å². The van der Waals surface area contributed by atoms with E-state index in [0.29, 0.717) is 10.7 Å². The Morgan fingerprint density at radius 2 is 2.20 bits per heavy atom. The Bertz CT molecular complexity index is 237. The van der Waals surface area contributed by atoms with Crippen LogP contribution in [0.5, 0.6) is 0 Å². The molecule has 54 valence electrons. The van der Waals surface area contributed by atoms with E-state index in [9.17, 15) is 0 Å². The fourth-order valence-electron chi connectivity index (χ4n) is 0.676. The van der Waals surface area contributed by atoms with Gasteiger partial charge in [0.15, 0.2) is 0 Å². The fraction of sp³-hybridized carbons (Fsp3) is 0.143. The monoisotopic (exact) mass is 219 g/mol. The van der Waals surface area contributed by atoms with Gasteiger partial charge in [-0.25, -0.2) is 0 Å². The van der Waals surface area contributed by atoms with Crippen molar-refractivity contribution in [3.05, 3.63) is 28.8 Å². The van der Waals surface area contributed by atoms with Crippen LogP contribution in [0, 0.1) is 0 Å². The fourth-order valence-corrected chi connectivity index (χ4v) is 1.14. The molecule has 0 saturated carbocycles. The van der Waals surface area contributed by atoms with Crippen molar-refractivity contribution in [2.24, 2.45) is 0 Å². The predicted octanol–water partition coefficient (Wildman–Crippen LogP) is 2.82. The first kappa shape index (κ1) is 7.89. The number of nitrogens with two attached hydrogens (primary N) is 1. The van der Waals surface area contributed by atoms with Crippen LogP contribution < -0.4 is 5.73 Å². The molecule has 0 aromatic heterocycles. The highest BCUT2D eigenvalue weighted by Crippen LogP contribution is 2.20. The minimum absolute atomic E-state index is 0.615. The largest absolute Gasteiger partial charge is 0.398 e. The lowest BCUT2D eigenvalue weighted by molar-refractivity contribution is 1.44. The zero-order valence-electron chi connectivity index (χ0n) is 5.27. The molecule has 0 aliphatic rings. The van der Waals surface area contributed by atoms with Gasteiger partial charge >= 0.3 is 0 Å². The topological polar surface area (TPSA) is 26.0 Å². The van der Waals surface area contributed by atoms with Crippen LogP contribution in [0.25, 0.3) is 0 Å². The number of anilines is 1. The molecule has 2 N–H and O–H groups in total. The molecule has 1 aromatic carbocycles. The summed E-state index contributed by atoms with van der Waals surface area (Å²) in [6.45, 7) is 0. The Morgan fingerprint density at radius 1 is 1.50 bits per heavy atom. The van der Waals surface area contributed by atoms with E-state index in [1.807, 2.05) is 12.1 Å². The van der Waals surface area contributed by atoms with E-state index in [1.54, 1.807) is 6.07 Å². The van der Waals surface area contributed by atoms with Crippen molar-refractivity contribution in [2.45, 2.75) is 5.33 Å². The minimum atomic E-state index is 0.615. The first-order valence-electron chi connectivity index (χ1n) is 2.84. The molecule has 0 aliphatic heterocycles. The summed E-state index contributed by atoms with van der Waals surface area (Å²) in [5.41, 5.74) is 7.32. The second-order valence-corrected chi connectivity index (χ2v) is 2.96. The number of hydrogen-bond donors (Lipinski definition) is 1. The van der Waals surface area contributed by atoms with E-state index in [0.717, 1.165) is 10.9 Å². The van der Waals surface area contributed by atoms with Gasteiger partial charge in [0.1, 0.15) is 0 Å². The Morgan fingerprint density at radius 3 is 2.70 bits per heavy atom. The van der Waals surface area contributed by atoms with E-state index in [4.69, 9.17) is 17.3 Å². The third-order valence-corrected chi connectivity index (χ3v) is 2.21. The van der Waals surface area contributed by atoms with Crippen molar-refractivity contribution in [2.75, 3.05) is 5.73 Å². The molecular weight excluding hydrogens is 213 g/mol. The van der Waals surface area contributed by atoms with E-state index in [-0.39, 0.29) is 0 Å². The number of halogens is 2. The van der Waals surface area contributed by atoms with Crippen molar-refractivity contribution >= 4 is 33.2 Å². The third-order valence-electron chi connectivity index (χ3n) is 1.21. The Kier molecular flexibility index (Phi) is 2.57. The summed E-state index contributed by atoms with van der Waals surface area (Å²) >= 11 is 9.01. The van der Waals surface area contributed by atoms with Crippen LogP contribution in [0.4, 0.5) is 5.69 Å². The van der Waals surface area contributed by atoms with Crippen LogP contribution in [0.2, 0.25) is 5.02 Å². The van der Waals surface area contributed by atoms with Crippen LogP contribution in [0.1, 0.15) is 5.56 Å². The molecule has 10 heavy (non-hydrogen) atoms. The molecule has 0 radical (unpaired) electrons. The van der Waals surface area contributed by atoms with Gasteiger partial charge in [-0.05, 0) is 17.7 Å². The molecule has 0 unspecified atom stereocenters. The SMILES string of the molecule is Nc1cc(CBr)ccc1Cl. The van der Waals surface area contributed by atoms with Crippen LogP contribution in [-0.2, 0) is 5.33 Å². The average Bonchev–Trinajstić information content (AvgIpc) is 1.95. The number of rotatable bonds is 1. The van der Waals surface area contributed by atoms with Crippen molar-refractivity contribution in [1.82, 2.24) is 0 Å². The summed E-state index contributed by atoms with van der Waals surface area (Å²) in [6.07, 6.45) is 0. The lowest BCUT2D eigenvalue weighted by Gasteiger charge is -1.98. The molecule has 3 heteroatoms. The molecule has 0 amide bonds. The molecule has 0 spiro atoms. The van der Waals surface area contributed by atoms with Crippen molar-refractivity contribution in [3.8, 4) is 0 Å². The first-order chi connectivity index (χ1) is 4.74. The highest BCUT2D eigenvalue weighted by molar-refractivity contribution is 9.08. The highest BCUT2D eigenvalue weighted by Gasteiger charge is 1.95. The molecule has 0 fully saturated rings. The van der Waals surface area contributed by atoms with Gasteiger partial charge in [-0.2, -0.15) is 0 Å². The number of alkyl halides is 1. The molecule has 1 rings (SSSR count). The molecule has 0 aliphatic carbocycles. The summed E-state index contributed by atoms with van der Waals surface area (Å²) in [7, 11) is 0. The van der Waals surface area contributed by atoms with Crippen molar-refractivity contribution < 1.29 is 0 Å². The molecule has 1 nitrogen and oxygen atoms in total. The van der Waals surface area contributed by atoms with Gasteiger partial charge in [0.2, 0.25) is 0 Å². The lowest BCUT2D eigenvalue weighted by atomic mass is 10.2. The van der Waals surface area contributed by atoms with E-state index < -0.39 is 0 Å². The lowest BCUT2D eigenvalue weighted by Crippen LogP contribution is -1.87. The van der Waals surface area contributed by atoms with Gasteiger partial charge < -0.3 is 5.73 Å². The molecule has 0 atom stereocenters. The van der Waals surface area contributed by atoms with Crippen molar-refractivity contribution in [1.29, 1.82) is 0 Å². The normalized spacial score (nSPS) is 9.80. The second-order valence-electron chi connectivity index (χ2n) is 1.99. The zero-order valence-corrected chi connectivity index (χ0v) is 7.61. The van der Waals surface area contributed by atoms with E-state index in [2.05, 4.69) is 15.9 Å². The zero-order chi connectivity index (χ0) is 7.56. The third kappa shape index (κ3) is 1.64. The van der Waals surface area contributed by atoms with Gasteiger partial charge in [0.25, 0.3) is 0 Å². The summed E-state index contributed by atoms with van der Waals surface area (Å²) in [4.78, 5) is 0. The Labute approximate surface area is 73.3 Å². The van der Waals surface area contributed by atoms with Gasteiger partial charge in [-0.3, -0.25) is 0 Å². The Hall–Kier alpha value is -0.210. The smallest absolute Gasteiger partial charge is 0.0635 e. The van der Waals surface area contributed by atoms with Gasteiger partial charge in [0, 0.05) is 5.33 Å². The quantitative estimate of drug-likeness (QED) is 0.572. The first-order valence-corrected chi connectivity index (χ1v) is 4.34. The van der Waals surface area contributed by atoms with Crippen LogP contribution in [0.15, 0.2) is 18.2 Å². The maximum absolute atomic E-state index is 5.70. The van der Waals surface area contributed by atoms with Crippen LogP contribution >= 0.6 is 27.5 Å². The molecule has 0 bridgehead atoms. The molecular formula is C7H7BrClN. The number of hydrogen-bond acceptors (Lipinski definition) is 1. The van der Waals surface area contributed by atoms with Gasteiger partial charge in [0.05, 0.1) is 10.7 Å². The van der Waals surface area contributed by atoms with Crippen molar-refractivity contribution in [3.63, 3.8) is 0 Å². The summed E-state index contributed by atoms with van der Waals surface area (Å²) in [5.74, 6) is 0. The van der Waals surface area contributed by atoms with Crippen LogP contribution in [-0.4, -0.2) is 0 Å². The van der Waals surface area contributed by atoms with E-state index >= 15 is 0 Å². The maximum atomic E-state index is 5.70. The summed E-state index contributed by atoms with van der Waals surface area (Å²) in [5, 5.41) is 1.43. The molecule has 0 heterocycles. The number of nitrogen functional groups attached to an aromatic ring is 1. The average molecular weight is 220 g/mol. The highest BCUT2D eigenvalue weighted by atomic mass is 79.9. The van der Waals surface area contributed by atoms with Crippen LogP contribution in [0.3, 0.4) is 0 Å². The number of benzene rings is 1. The Balaban J connectivity index is 3.04. The van der Waals surface area contributed by atoms with Gasteiger partial charge in [-0.1, -0.05) is 33.6 Å². The standard InChI is InChI=1S/C7H7BrClN/c8-4-5-1-2-6(9)7(10)3-5/h1-3H,4,10H2. The molecule has 0 saturated heterocycles. The predicted molar refractivity (Wildman–Crippen MR) is 48.5 cm³/mol. The summed E-state index contributed by atoms with van der Waals surface area (Å²) < 4.78 is 0. The second kappa shape index (κ2) is 3.26. The minimum Gasteiger partial charge on any atom is -0.398 e. The van der Waals surface area contributed by atoms with Gasteiger partial charge in [-0.15, -0.1) is 0 Å². The molecule has 1 aromatic rings. The maximum Gasteiger partial charge on any atom is 0.0635 e. The summed E-state index contributed by atoms with van der Waals surface area (Å²) in [6, 6.07) is 5.60.